The van der Waals surface area contributed by atoms with Crippen LogP contribution in [-0.4, -0.2) is 41.7 Å². The van der Waals surface area contributed by atoms with E-state index in [1.807, 2.05) is 27.8 Å². The highest BCUT2D eigenvalue weighted by atomic mass is 16.3. The van der Waals surface area contributed by atoms with Crippen LogP contribution in [-0.2, 0) is 4.79 Å². The Kier molecular flexibility index (Phi) is 6.41. The maximum Gasteiger partial charge on any atom is 0.241 e. The number of carbonyl (C=O) groups excluding carboxylic acids is 1. The molecule has 2 rings (SSSR count). The molecule has 4 nitrogen and oxygen atoms in total. The number of aryl methyl sites for hydroxylation is 3. The Morgan fingerprint density at radius 3 is 2.42 bits per heavy atom. The third kappa shape index (κ3) is 4.58. The Labute approximate surface area is 146 Å². The molecule has 1 aromatic carbocycles. The maximum absolute atomic E-state index is 12.7. The SMILES string of the molecule is Cc1cc(C)c(NC(=O)C(C)N(C)CC2CCCCC2O)c(C)c1. The molecule has 0 spiro atoms. The third-order valence-electron chi connectivity index (χ3n) is 5.36. The Bertz CT molecular complexity index is 562. The second kappa shape index (κ2) is 8.13. The predicted octanol–water partition coefficient (Wildman–Crippen LogP) is 3.42. The average Bonchev–Trinajstić information content (AvgIpc) is 2.52. The van der Waals surface area contributed by atoms with E-state index in [-0.39, 0.29) is 24.0 Å². The molecule has 24 heavy (non-hydrogen) atoms. The number of nitrogens with zero attached hydrogens (tertiary/aromatic N) is 1. The Morgan fingerprint density at radius 1 is 1.25 bits per heavy atom. The third-order valence-corrected chi connectivity index (χ3v) is 5.36. The molecule has 134 valence electrons. The van der Waals surface area contributed by atoms with Gasteiger partial charge < -0.3 is 10.4 Å². The van der Waals surface area contributed by atoms with Crippen molar-refractivity contribution in [2.24, 2.45) is 5.92 Å². The van der Waals surface area contributed by atoms with Crippen LogP contribution in [0.15, 0.2) is 12.1 Å². The lowest BCUT2D eigenvalue weighted by Gasteiger charge is -2.33. The highest BCUT2D eigenvalue weighted by molar-refractivity contribution is 5.95. The summed E-state index contributed by atoms with van der Waals surface area (Å²) >= 11 is 0. The van der Waals surface area contributed by atoms with Crippen LogP contribution in [0, 0.1) is 26.7 Å². The van der Waals surface area contributed by atoms with E-state index in [0.29, 0.717) is 0 Å². The highest BCUT2D eigenvalue weighted by Crippen LogP contribution is 2.26. The smallest absolute Gasteiger partial charge is 0.241 e. The summed E-state index contributed by atoms with van der Waals surface area (Å²) in [6.07, 6.45) is 4.01. The standard InChI is InChI=1S/C20H32N2O2/c1-13-10-14(2)19(15(3)11-13)21-20(24)16(4)22(5)12-17-8-6-7-9-18(17)23/h10-11,16-18,23H,6-9,12H2,1-5H3,(H,21,24). The molecule has 3 atom stereocenters. The molecule has 1 amide bonds. The normalized spacial score (nSPS) is 22.5. The number of hydrogen-bond donors (Lipinski definition) is 2. The molecular weight excluding hydrogens is 300 g/mol. The molecule has 2 N–H and O–H groups in total. The number of hydrogen-bond acceptors (Lipinski definition) is 3. The summed E-state index contributed by atoms with van der Waals surface area (Å²) in [5, 5.41) is 13.2. The van der Waals surface area contributed by atoms with E-state index in [4.69, 9.17) is 0 Å². The van der Waals surface area contributed by atoms with Crippen LogP contribution in [0.25, 0.3) is 0 Å². The van der Waals surface area contributed by atoms with Crippen molar-refractivity contribution in [2.45, 2.75) is 65.5 Å². The van der Waals surface area contributed by atoms with Gasteiger partial charge in [-0.3, -0.25) is 9.69 Å². The molecule has 0 aromatic heterocycles. The first-order valence-corrected chi connectivity index (χ1v) is 9.06. The Balaban J connectivity index is 1.98. The van der Waals surface area contributed by atoms with Gasteiger partial charge in [0.1, 0.15) is 0 Å². The summed E-state index contributed by atoms with van der Waals surface area (Å²) in [5.41, 5.74) is 4.32. The van der Waals surface area contributed by atoms with Gasteiger partial charge in [0.25, 0.3) is 0 Å². The minimum absolute atomic E-state index is 0.0119. The van der Waals surface area contributed by atoms with Gasteiger partial charge in [0.15, 0.2) is 0 Å². The Morgan fingerprint density at radius 2 is 1.83 bits per heavy atom. The molecule has 1 aromatic rings. The zero-order valence-corrected chi connectivity index (χ0v) is 15.7. The first-order chi connectivity index (χ1) is 11.3. The summed E-state index contributed by atoms with van der Waals surface area (Å²) < 4.78 is 0. The van der Waals surface area contributed by atoms with Gasteiger partial charge in [0, 0.05) is 12.2 Å². The molecule has 3 unspecified atom stereocenters. The van der Waals surface area contributed by atoms with Crippen molar-refractivity contribution in [3.8, 4) is 0 Å². The van der Waals surface area contributed by atoms with E-state index in [0.717, 1.165) is 42.6 Å². The van der Waals surface area contributed by atoms with E-state index < -0.39 is 0 Å². The van der Waals surface area contributed by atoms with Crippen molar-refractivity contribution >= 4 is 11.6 Å². The quantitative estimate of drug-likeness (QED) is 0.869. The first kappa shape index (κ1) is 18.9. The molecule has 1 saturated carbocycles. The van der Waals surface area contributed by atoms with E-state index in [1.54, 1.807) is 0 Å². The summed E-state index contributed by atoms with van der Waals surface area (Å²) in [6, 6.07) is 3.96. The van der Waals surface area contributed by atoms with Gasteiger partial charge in [0.05, 0.1) is 12.1 Å². The fourth-order valence-electron chi connectivity index (χ4n) is 3.73. The highest BCUT2D eigenvalue weighted by Gasteiger charge is 2.27. The fraction of sp³-hybridized carbons (Fsp3) is 0.650. The predicted molar refractivity (Wildman–Crippen MR) is 99.3 cm³/mol. The molecule has 0 radical (unpaired) electrons. The lowest BCUT2D eigenvalue weighted by atomic mass is 9.86. The number of carbonyl (C=O) groups is 1. The van der Waals surface area contributed by atoms with Crippen LogP contribution >= 0.6 is 0 Å². The monoisotopic (exact) mass is 332 g/mol. The number of aliphatic hydroxyl groups excluding tert-OH is 1. The van der Waals surface area contributed by atoms with Gasteiger partial charge in [-0.1, -0.05) is 30.5 Å². The van der Waals surface area contributed by atoms with E-state index >= 15 is 0 Å². The molecule has 0 heterocycles. The largest absolute Gasteiger partial charge is 0.393 e. The topological polar surface area (TPSA) is 52.6 Å². The molecule has 0 bridgehead atoms. The number of rotatable bonds is 5. The van der Waals surface area contributed by atoms with E-state index in [2.05, 4.69) is 29.3 Å². The van der Waals surface area contributed by atoms with Gasteiger partial charge in [-0.2, -0.15) is 0 Å². The van der Waals surface area contributed by atoms with Crippen molar-refractivity contribution in [2.75, 3.05) is 18.9 Å². The lowest BCUT2D eigenvalue weighted by molar-refractivity contribution is -0.120. The second-order valence-electron chi connectivity index (χ2n) is 7.49. The van der Waals surface area contributed by atoms with Crippen LogP contribution in [0.2, 0.25) is 0 Å². The van der Waals surface area contributed by atoms with Crippen molar-refractivity contribution in [3.63, 3.8) is 0 Å². The molecular formula is C20H32N2O2. The maximum atomic E-state index is 12.7. The minimum atomic E-state index is -0.224. The van der Waals surface area contributed by atoms with E-state index in [1.165, 1.54) is 12.0 Å². The molecule has 1 fully saturated rings. The number of nitrogens with one attached hydrogen (secondary N) is 1. The van der Waals surface area contributed by atoms with Crippen LogP contribution in [0.3, 0.4) is 0 Å². The second-order valence-corrected chi connectivity index (χ2v) is 7.49. The van der Waals surface area contributed by atoms with Crippen LogP contribution in [0.4, 0.5) is 5.69 Å². The molecule has 0 aliphatic heterocycles. The number of benzene rings is 1. The van der Waals surface area contributed by atoms with Crippen LogP contribution in [0.1, 0.15) is 49.3 Å². The molecule has 0 saturated heterocycles. The van der Waals surface area contributed by atoms with Crippen LogP contribution in [0.5, 0.6) is 0 Å². The van der Waals surface area contributed by atoms with Crippen molar-refractivity contribution in [1.29, 1.82) is 0 Å². The molecule has 1 aliphatic carbocycles. The molecule has 4 heteroatoms. The minimum Gasteiger partial charge on any atom is -0.393 e. The number of likely N-dealkylation sites (N-methyl/N-ethyl adjacent to an activating group) is 1. The number of amides is 1. The van der Waals surface area contributed by atoms with Crippen LogP contribution < -0.4 is 5.32 Å². The summed E-state index contributed by atoms with van der Waals surface area (Å²) in [4.78, 5) is 14.7. The van der Waals surface area contributed by atoms with Gasteiger partial charge >= 0.3 is 0 Å². The zero-order valence-electron chi connectivity index (χ0n) is 15.7. The Hall–Kier alpha value is -1.39. The van der Waals surface area contributed by atoms with Crippen molar-refractivity contribution < 1.29 is 9.90 Å². The number of aliphatic hydroxyl groups is 1. The summed E-state index contributed by atoms with van der Waals surface area (Å²) in [6.45, 7) is 8.83. The number of anilines is 1. The molecule has 1 aliphatic rings. The van der Waals surface area contributed by atoms with E-state index in [9.17, 15) is 9.90 Å². The van der Waals surface area contributed by atoms with Crippen molar-refractivity contribution in [1.82, 2.24) is 4.90 Å². The fourth-order valence-corrected chi connectivity index (χ4v) is 3.73. The first-order valence-electron chi connectivity index (χ1n) is 9.06. The summed E-state index contributed by atoms with van der Waals surface area (Å²) in [5.74, 6) is 0.291. The lowest BCUT2D eigenvalue weighted by Crippen LogP contribution is -2.44. The van der Waals surface area contributed by atoms with Gasteiger partial charge in [0.2, 0.25) is 5.91 Å². The van der Waals surface area contributed by atoms with Gasteiger partial charge in [-0.15, -0.1) is 0 Å². The van der Waals surface area contributed by atoms with Gasteiger partial charge in [-0.05, 0) is 64.6 Å². The van der Waals surface area contributed by atoms with Crippen molar-refractivity contribution in [3.05, 3.63) is 28.8 Å². The average molecular weight is 332 g/mol. The van der Waals surface area contributed by atoms with Gasteiger partial charge in [-0.25, -0.2) is 0 Å². The zero-order chi connectivity index (χ0) is 17.9. The summed E-state index contributed by atoms with van der Waals surface area (Å²) in [7, 11) is 1.97.